The van der Waals surface area contributed by atoms with Crippen molar-refractivity contribution in [2.75, 3.05) is 46.0 Å². The van der Waals surface area contributed by atoms with E-state index >= 15 is 0 Å². The molecule has 0 amide bonds. The number of nitrogens with zero attached hydrogens (tertiary/aromatic N) is 4. The minimum atomic E-state index is -0.562. The van der Waals surface area contributed by atoms with Gasteiger partial charge in [0.05, 0.1) is 19.8 Å². The molecule has 12 nitrogen and oxygen atoms in total. The molecule has 488 valence electrons. The molecular weight excluding hydrogens is 1200 g/mol. The van der Waals surface area contributed by atoms with E-state index in [4.69, 9.17) is 19.3 Å². The van der Waals surface area contributed by atoms with Crippen LogP contribution in [-0.4, -0.2) is 49.4 Å². The van der Waals surface area contributed by atoms with Gasteiger partial charge in [0.2, 0.25) is 0 Å². The van der Waals surface area contributed by atoms with Crippen LogP contribution in [0, 0.1) is 0 Å². The number of hydrogen-bond acceptors (Lipinski definition) is 12. The third-order valence-electron chi connectivity index (χ3n) is 15.2. The van der Waals surface area contributed by atoms with Gasteiger partial charge in [-0.1, -0.05) is 165 Å². The summed E-state index contributed by atoms with van der Waals surface area (Å²) in [6, 6.07) is 114. The van der Waals surface area contributed by atoms with Crippen molar-refractivity contribution in [2.45, 2.75) is 41.0 Å². The van der Waals surface area contributed by atoms with E-state index in [1.807, 2.05) is 72.8 Å². The van der Waals surface area contributed by atoms with Crippen LogP contribution < -0.4 is 29.1 Å². The topological polar surface area (TPSA) is 121 Å². The van der Waals surface area contributed by atoms with E-state index in [0.29, 0.717) is 32.7 Å². The molecule has 0 saturated carbocycles. The molecule has 0 unspecified atom stereocenters. The summed E-state index contributed by atoms with van der Waals surface area (Å²) in [4.78, 5) is 39.6. The van der Waals surface area contributed by atoms with Crippen molar-refractivity contribution in [1.29, 1.82) is 0 Å². The third kappa shape index (κ3) is 19.8. The van der Waals surface area contributed by atoms with Crippen LogP contribution in [0.25, 0.3) is 22.3 Å². The number of aliphatic hydroxyl groups is 1. The van der Waals surface area contributed by atoms with E-state index in [9.17, 15) is 14.4 Å². The molecule has 12 rings (SSSR count). The molecule has 0 aliphatic carbocycles. The van der Waals surface area contributed by atoms with Crippen LogP contribution in [0.2, 0.25) is 0 Å². The van der Waals surface area contributed by atoms with Gasteiger partial charge in [0, 0.05) is 108 Å². The zero-order valence-corrected chi connectivity index (χ0v) is 54.0. The van der Waals surface area contributed by atoms with Crippen LogP contribution in [0.1, 0.15) is 41.0 Å². The number of ether oxygens (including phenoxy) is 4. The fraction of sp³-hybridized carbons (Fsp3) is 0.118. The van der Waals surface area contributed by atoms with Gasteiger partial charge in [0.15, 0.2) is 0 Å². The quantitative estimate of drug-likeness (QED) is 0.0373. The average Bonchev–Trinajstić information content (AvgIpc) is 1.05. The van der Waals surface area contributed by atoms with Crippen molar-refractivity contribution in [2.24, 2.45) is 0 Å². The molecule has 0 aliphatic rings. The van der Waals surface area contributed by atoms with E-state index in [0.717, 1.165) is 102 Å². The molecule has 97 heavy (non-hydrogen) atoms. The van der Waals surface area contributed by atoms with Gasteiger partial charge in [-0.25, -0.2) is 0 Å². The second kappa shape index (κ2) is 35.9. The molecular formula is C85H80N4O8. The Labute approximate surface area is 570 Å². The summed E-state index contributed by atoms with van der Waals surface area (Å²) in [5.74, 6) is 0.170. The summed E-state index contributed by atoms with van der Waals surface area (Å²) in [7, 11) is 0. The van der Waals surface area contributed by atoms with Crippen molar-refractivity contribution in [1.82, 2.24) is 0 Å². The summed E-state index contributed by atoms with van der Waals surface area (Å²) in [5.41, 5.74) is 17.6. The minimum Gasteiger partial charge on any atom is -0.494 e. The van der Waals surface area contributed by atoms with Crippen LogP contribution in [0.5, 0.6) is 11.5 Å². The lowest BCUT2D eigenvalue weighted by molar-refractivity contribution is -0.156. The first kappa shape index (κ1) is 69.4. The number of anilines is 12. The molecule has 0 atom stereocenters. The number of para-hydroxylation sites is 6. The van der Waals surface area contributed by atoms with Crippen LogP contribution in [-0.2, 0) is 23.9 Å². The molecule has 0 aliphatic heterocycles. The molecule has 1 N–H and O–H groups in total. The molecule has 0 saturated heterocycles. The van der Waals surface area contributed by atoms with Crippen molar-refractivity contribution >= 4 is 86.2 Å². The highest BCUT2D eigenvalue weighted by Gasteiger charge is 2.18. The number of benzene rings is 12. The van der Waals surface area contributed by atoms with Crippen LogP contribution in [0.3, 0.4) is 0 Å². The van der Waals surface area contributed by atoms with Gasteiger partial charge in [-0.3, -0.25) is 14.4 Å². The number of hydrogen-bond donors (Lipinski definition) is 1. The average molecular weight is 1290 g/mol. The maximum atomic E-state index is 11.0. The lowest BCUT2D eigenvalue weighted by Crippen LogP contribution is -2.10. The first-order valence-electron chi connectivity index (χ1n) is 31.9. The molecule has 0 fully saturated rings. The van der Waals surface area contributed by atoms with Gasteiger partial charge in [0.25, 0.3) is 0 Å². The number of carbonyl (C=O) groups excluding carboxylic acids is 3. The smallest absolute Gasteiger partial charge is 0.310 e. The molecule has 12 heteroatoms. The monoisotopic (exact) mass is 1280 g/mol. The number of esters is 3. The van der Waals surface area contributed by atoms with Crippen molar-refractivity contribution in [3.8, 4) is 33.8 Å². The largest absolute Gasteiger partial charge is 0.494 e. The Morgan fingerprint density at radius 3 is 0.670 bits per heavy atom. The summed E-state index contributed by atoms with van der Waals surface area (Å²) in [5, 5.41) is 9.04. The highest BCUT2D eigenvalue weighted by molar-refractivity contribution is 5.84. The Hall–Kier alpha value is -12.0. The zero-order chi connectivity index (χ0) is 66.7. The van der Waals surface area contributed by atoms with Crippen LogP contribution in [0.4, 0.5) is 68.2 Å². The Morgan fingerprint density at radius 1 is 0.268 bits per heavy atom. The summed E-state index contributed by atoms with van der Waals surface area (Å²) in [6.07, 6.45) is 1.26. The van der Waals surface area contributed by atoms with E-state index in [1.54, 1.807) is 0 Å². The summed E-state index contributed by atoms with van der Waals surface area (Å²) in [6.45, 7) is 5.23. The van der Waals surface area contributed by atoms with Gasteiger partial charge < -0.3 is 43.7 Å². The first-order chi connectivity index (χ1) is 47.1. The minimum absolute atomic E-state index is 0. The molecule has 0 heterocycles. The Balaban J connectivity index is 0.000000205. The van der Waals surface area contributed by atoms with E-state index < -0.39 is 11.9 Å². The molecule has 0 spiro atoms. The molecule has 12 aromatic rings. The fourth-order valence-corrected chi connectivity index (χ4v) is 10.8. The van der Waals surface area contributed by atoms with Crippen LogP contribution in [0.15, 0.2) is 328 Å². The SMILES string of the molecule is C.CC(=O)OC(C)=O.CC(=O)OCCCOc1ccc(N(c2ccccc2)c2ccc(-c3ccc(N(c4ccccc4)c4ccccc4)cc3)cc2)cc1.OCCCOc1ccc(N(c2ccccc2)c2ccc(-c3ccc(N(c4ccccc4)c4ccccc4)cc3)cc2)cc1. The summed E-state index contributed by atoms with van der Waals surface area (Å²) < 4.78 is 20.6. The van der Waals surface area contributed by atoms with Crippen molar-refractivity contribution in [3.63, 3.8) is 0 Å². The normalized spacial score (nSPS) is 10.4. The Kier molecular flexibility index (Phi) is 25.7. The van der Waals surface area contributed by atoms with Crippen LogP contribution >= 0.6 is 0 Å². The molecule has 0 bridgehead atoms. The Morgan fingerprint density at radius 2 is 0.474 bits per heavy atom. The molecule has 0 radical (unpaired) electrons. The van der Waals surface area contributed by atoms with Crippen molar-refractivity contribution < 1.29 is 38.4 Å². The van der Waals surface area contributed by atoms with Crippen molar-refractivity contribution in [3.05, 3.63) is 328 Å². The predicted molar refractivity (Wildman–Crippen MR) is 396 cm³/mol. The maximum absolute atomic E-state index is 11.0. The van der Waals surface area contributed by atoms with Gasteiger partial charge in [-0.2, -0.15) is 0 Å². The highest BCUT2D eigenvalue weighted by atomic mass is 16.6. The standard InChI is InChI=1S/C41H36N2O3.C39H34N2O2.C4H6O3.CH4/c1-32(44)45-30-11-31-46-41-28-26-40(27-29-41)43(37-16-9-4-10-17-37)39-24-20-34(21-25-39)33-18-22-38(23-19-33)42(35-12-5-2-6-13-35)36-14-7-3-8-15-36;42-29-10-30-43-39-27-25-38(26-28-39)41(35-15-8-3-9-16-35)37-23-19-32(20-24-37)31-17-21-36(22-18-31)40(33-11-4-1-5-12-33)34-13-6-2-7-14-34;1-3(5)7-4(2)6;/h2-10,12-29H,11,30-31H2,1H3;1-9,11-28,42H,10,29-30H2;1-2H3;1H4. The second-order valence-corrected chi connectivity index (χ2v) is 22.1. The zero-order valence-electron chi connectivity index (χ0n) is 54.0. The maximum Gasteiger partial charge on any atom is 0.310 e. The lowest BCUT2D eigenvalue weighted by Gasteiger charge is -2.26. The predicted octanol–water partition coefficient (Wildman–Crippen LogP) is 21.4. The number of aliphatic hydroxyl groups excluding tert-OH is 1. The van der Waals surface area contributed by atoms with Gasteiger partial charge >= 0.3 is 17.9 Å². The molecule has 12 aromatic carbocycles. The van der Waals surface area contributed by atoms with E-state index in [2.05, 4.69) is 279 Å². The van der Waals surface area contributed by atoms with E-state index in [1.165, 1.54) is 20.8 Å². The lowest BCUT2D eigenvalue weighted by atomic mass is 10.0. The number of rotatable bonds is 23. The molecule has 0 aromatic heterocycles. The second-order valence-electron chi connectivity index (χ2n) is 22.1. The highest BCUT2D eigenvalue weighted by Crippen LogP contribution is 2.41. The number of carbonyl (C=O) groups is 3. The summed E-state index contributed by atoms with van der Waals surface area (Å²) >= 11 is 0. The van der Waals surface area contributed by atoms with E-state index in [-0.39, 0.29) is 20.0 Å². The first-order valence-corrected chi connectivity index (χ1v) is 31.9. The fourth-order valence-electron chi connectivity index (χ4n) is 10.8. The Bertz CT molecular complexity index is 4200. The van der Waals surface area contributed by atoms with Gasteiger partial charge in [-0.05, 0) is 192 Å². The van der Waals surface area contributed by atoms with Gasteiger partial charge in [0.1, 0.15) is 11.5 Å². The van der Waals surface area contributed by atoms with Gasteiger partial charge in [-0.15, -0.1) is 0 Å². The third-order valence-corrected chi connectivity index (χ3v) is 15.2.